The van der Waals surface area contributed by atoms with E-state index in [0.29, 0.717) is 23.9 Å². The summed E-state index contributed by atoms with van der Waals surface area (Å²) in [7, 11) is 1.30. The molecule has 0 unspecified atom stereocenters. The lowest BCUT2D eigenvalue weighted by molar-refractivity contribution is -0.130. The molecule has 1 aromatic carbocycles. The van der Waals surface area contributed by atoms with Crippen LogP contribution in [0.4, 0.5) is 15.6 Å². The van der Waals surface area contributed by atoms with E-state index >= 15 is 0 Å². The Kier molecular flexibility index (Phi) is 5.95. The van der Waals surface area contributed by atoms with E-state index in [1.165, 1.54) is 35.3 Å². The number of aromatic nitrogens is 1. The average molecular weight is 388 g/mol. The van der Waals surface area contributed by atoms with Crippen LogP contribution in [0.5, 0.6) is 0 Å². The van der Waals surface area contributed by atoms with Gasteiger partial charge in [-0.05, 0) is 31.0 Å². The van der Waals surface area contributed by atoms with E-state index < -0.39 is 6.09 Å². The molecule has 7 nitrogen and oxygen atoms in total. The molecule has 1 fully saturated rings. The van der Waals surface area contributed by atoms with Crippen LogP contribution >= 0.6 is 11.3 Å². The zero-order valence-electron chi connectivity index (χ0n) is 15.8. The number of thiazole rings is 1. The molecule has 2 amide bonds. The van der Waals surface area contributed by atoms with E-state index in [2.05, 4.69) is 52.0 Å². The molecule has 27 heavy (non-hydrogen) atoms. The number of benzene rings is 1. The zero-order valence-corrected chi connectivity index (χ0v) is 16.6. The van der Waals surface area contributed by atoms with Gasteiger partial charge in [-0.15, -0.1) is 11.3 Å². The van der Waals surface area contributed by atoms with Crippen LogP contribution in [0.25, 0.3) is 0 Å². The number of methoxy groups -OCH3 is 1. The van der Waals surface area contributed by atoms with Crippen molar-refractivity contribution in [3.63, 3.8) is 0 Å². The third-order valence-electron chi connectivity index (χ3n) is 4.62. The largest absolute Gasteiger partial charge is 0.453 e. The second kappa shape index (κ2) is 8.39. The van der Waals surface area contributed by atoms with Crippen LogP contribution in [-0.4, -0.2) is 55.2 Å². The van der Waals surface area contributed by atoms with Crippen LogP contribution in [0.1, 0.15) is 16.8 Å². The lowest BCUT2D eigenvalue weighted by Crippen LogP contribution is -2.49. The molecule has 1 N–H and O–H groups in total. The highest BCUT2D eigenvalue weighted by molar-refractivity contribution is 7.13. The first-order valence-electron chi connectivity index (χ1n) is 8.85. The van der Waals surface area contributed by atoms with E-state index in [9.17, 15) is 9.59 Å². The summed E-state index contributed by atoms with van der Waals surface area (Å²) in [6, 6.07) is 6.47. The summed E-state index contributed by atoms with van der Waals surface area (Å²) < 4.78 is 4.54. The first kappa shape index (κ1) is 19.2. The quantitative estimate of drug-likeness (QED) is 0.872. The standard InChI is InChI=1S/C19H24N4O3S/c1-13-4-5-14(2)16(10-13)22-6-8-23(9-7-22)17(24)11-15-12-27-18(20-15)21-19(25)26-3/h4-5,10,12H,6-9,11H2,1-3H3,(H,20,21,25). The summed E-state index contributed by atoms with van der Waals surface area (Å²) in [5, 5.41) is 4.74. The van der Waals surface area contributed by atoms with Gasteiger partial charge >= 0.3 is 6.09 Å². The molecule has 8 heteroatoms. The number of aryl methyl sites for hydroxylation is 2. The van der Waals surface area contributed by atoms with Gasteiger partial charge in [0.05, 0.1) is 19.2 Å². The molecule has 2 aromatic rings. The van der Waals surface area contributed by atoms with Gasteiger partial charge in [0, 0.05) is 37.2 Å². The maximum atomic E-state index is 12.6. The van der Waals surface area contributed by atoms with Gasteiger partial charge in [0.2, 0.25) is 5.91 Å². The Labute approximate surface area is 162 Å². The maximum absolute atomic E-state index is 12.6. The van der Waals surface area contributed by atoms with Crippen molar-refractivity contribution in [1.29, 1.82) is 0 Å². The molecule has 2 heterocycles. The summed E-state index contributed by atoms with van der Waals surface area (Å²) in [4.78, 5) is 32.3. The molecular formula is C19H24N4O3S. The minimum Gasteiger partial charge on any atom is -0.453 e. The number of hydrogen-bond acceptors (Lipinski definition) is 6. The van der Waals surface area contributed by atoms with Crippen molar-refractivity contribution in [3.8, 4) is 0 Å². The highest BCUT2D eigenvalue weighted by Gasteiger charge is 2.23. The number of nitrogens with zero attached hydrogens (tertiary/aromatic N) is 3. The summed E-state index contributed by atoms with van der Waals surface area (Å²) >= 11 is 1.28. The normalized spacial score (nSPS) is 14.2. The fraction of sp³-hybridized carbons (Fsp3) is 0.421. The molecule has 1 saturated heterocycles. The van der Waals surface area contributed by atoms with Gasteiger partial charge in [0.25, 0.3) is 0 Å². The van der Waals surface area contributed by atoms with Crippen LogP contribution in [0, 0.1) is 13.8 Å². The molecule has 0 bridgehead atoms. The van der Waals surface area contributed by atoms with Gasteiger partial charge in [-0.1, -0.05) is 12.1 Å². The Bertz CT molecular complexity index is 828. The van der Waals surface area contributed by atoms with Crippen LogP contribution in [-0.2, 0) is 16.0 Å². The lowest BCUT2D eigenvalue weighted by Gasteiger charge is -2.37. The number of amides is 2. The Balaban J connectivity index is 1.54. The molecule has 0 atom stereocenters. The van der Waals surface area contributed by atoms with E-state index in [1.54, 1.807) is 5.38 Å². The summed E-state index contributed by atoms with van der Waals surface area (Å²) in [5.41, 5.74) is 4.41. The van der Waals surface area contributed by atoms with Gasteiger partial charge in [0.15, 0.2) is 5.13 Å². The first-order chi connectivity index (χ1) is 13.0. The number of hydrogen-bond donors (Lipinski definition) is 1. The predicted octanol–water partition coefficient (Wildman–Crippen LogP) is 2.83. The Morgan fingerprint density at radius 2 is 1.96 bits per heavy atom. The Morgan fingerprint density at radius 3 is 2.67 bits per heavy atom. The molecule has 0 saturated carbocycles. The molecule has 1 aliphatic heterocycles. The average Bonchev–Trinajstić information content (AvgIpc) is 3.10. The topological polar surface area (TPSA) is 74.8 Å². The van der Waals surface area contributed by atoms with E-state index in [1.807, 2.05) is 4.90 Å². The molecule has 144 valence electrons. The number of carbonyl (C=O) groups excluding carboxylic acids is 2. The number of rotatable bonds is 4. The van der Waals surface area contributed by atoms with Gasteiger partial charge in [-0.2, -0.15) is 0 Å². The van der Waals surface area contributed by atoms with Crippen LogP contribution < -0.4 is 10.2 Å². The fourth-order valence-corrected chi connectivity index (χ4v) is 3.80. The molecule has 0 radical (unpaired) electrons. The molecule has 1 aromatic heterocycles. The van der Waals surface area contributed by atoms with Gasteiger partial charge < -0.3 is 14.5 Å². The number of ether oxygens (including phenoxy) is 1. The van der Waals surface area contributed by atoms with Crippen molar-refractivity contribution >= 4 is 34.2 Å². The van der Waals surface area contributed by atoms with E-state index in [-0.39, 0.29) is 12.3 Å². The van der Waals surface area contributed by atoms with Crippen LogP contribution in [0.15, 0.2) is 23.6 Å². The Hall–Kier alpha value is -2.61. The van der Waals surface area contributed by atoms with Crippen molar-refractivity contribution in [1.82, 2.24) is 9.88 Å². The third kappa shape index (κ3) is 4.77. The number of anilines is 2. The van der Waals surface area contributed by atoms with E-state index in [4.69, 9.17) is 0 Å². The van der Waals surface area contributed by atoms with Crippen molar-refractivity contribution in [2.24, 2.45) is 0 Å². The monoisotopic (exact) mass is 388 g/mol. The van der Waals surface area contributed by atoms with Gasteiger partial charge in [-0.25, -0.2) is 9.78 Å². The minimum atomic E-state index is -0.565. The van der Waals surface area contributed by atoms with Crippen LogP contribution in [0.2, 0.25) is 0 Å². The van der Waals surface area contributed by atoms with E-state index in [0.717, 1.165) is 13.1 Å². The highest BCUT2D eigenvalue weighted by atomic mass is 32.1. The number of piperazine rings is 1. The van der Waals surface area contributed by atoms with Crippen molar-refractivity contribution in [2.45, 2.75) is 20.3 Å². The minimum absolute atomic E-state index is 0.0607. The fourth-order valence-electron chi connectivity index (χ4n) is 3.11. The zero-order chi connectivity index (χ0) is 19.4. The lowest BCUT2D eigenvalue weighted by atomic mass is 10.1. The van der Waals surface area contributed by atoms with Crippen molar-refractivity contribution in [2.75, 3.05) is 43.5 Å². The first-order valence-corrected chi connectivity index (χ1v) is 9.73. The second-order valence-electron chi connectivity index (χ2n) is 6.60. The smallest absolute Gasteiger partial charge is 0.413 e. The van der Waals surface area contributed by atoms with Crippen LogP contribution in [0.3, 0.4) is 0 Å². The second-order valence-corrected chi connectivity index (χ2v) is 7.45. The molecule has 0 spiro atoms. The predicted molar refractivity (Wildman–Crippen MR) is 107 cm³/mol. The van der Waals surface area contributed by atoms with Crippen molar-refractivity contribution in [3.05, 3.63) is 40.4 Å². The number of carbonyl (C=O) groups is 2. The summed E-state index contributed by atoms with van der Waals surface area (Å²) in [6.45, 7) is 7.26. The molecular weight excluding hydrogens is 364 g/mol. The maximum Gasteiger partial charge on any atom is 0.413 e. The summed E-state index contributed by atoms with van der Waals surface area (Å²) in [6.07, 6.45) is -0.326. The van der Waals surface area contributed by atoms with Gasteiger partial charge in [0.1, 0.15) is 0 Å². The van der Waals surface area contributed by atoms with Crippen molar-refractivity contribution < 1.29 is 14.3 Å². The highest BCUT2D eigenvalue weighted by Crippen LogP contribution is 2.23. The Morgan fingerprint density at radius 1 is 1.22 bits per heavy atom. The number of nitrogens with one attached hydrogen (secondary N) is 1. The third-order valence-corrected chi connectivity index (χ3v) is 5.42. The van der Waals surface area contributed by atoms with Gasteiger partial charge in [-0.3, -0.25) is 10.1 Å². The molecule has 3 rings (SSSR count). The summed E-state index contributed by atoms with van der Waals surface area (Å²) in [5.74, 6) is 0.0607. The molecule has 1 aliphatic rings. The SMILES string of the molecule is COC(=O)Nc1nc(CC(=O)N2CCN(c3cc(C)ccc3C)CC2)cs1. The molecule has 0 aliphatic carbocycles.